The molecule has 1 N–H and O–H groups in total. The molecule has 2 aromatic carbocycles. The molecule has 1 saturated heterocycles. The molecule has 2 atom stereocenters. The molecule has 1 aromatic heterocycles. The Morgan fingerprint density at radius 2 is 2.03 bits per heavy atom. The van der Waals surface area contributed by atoms with Crippen LogP contribution in [0.15, 0.2) is 53.3 Å². The van der Waals surface area contributed by atoms with E-state index in [1.807, 2.05) is 0 Å². The number of aliphatic hydroxyl groups excluding tert-OH is 1. The van der Waals surface area contributed by atoms with Crippen LogP contribution in [-0.2, 0) is 4.74 Å². The summed E-state index contributed by atoms with van der Waals surface area (Å²) in [5, 5.41) is 14.8. The molecule has 9 heteroatoms. The third-order valence-electron chi connectivity index (χ3n) is 5.79. The topological polar surface area (TPSA) is 81.4 Å². The van der Waals surface area contributed by atoms with Crippen molar-refractivity contribution < 1.29 is 19.0 Å². The average molecular weight is 491 g/mol. The van der Waals surface area contributed by atoms with Crippen molar-refractivity contribution >= 4 is 29.0 Å². The maximum atomic E-state index is 13.9. The zero-order valence-electron chi connectivity index (χ0n) is 17.5. The SMILES string of the molecule is O=C(CC(CO)C1CCOC1)c1cc(-c2ccc(Cl)c(Cl)c2)nn(-c2cccc(F)c2)c1=O. The van der Waals surface area contributed by atoms with Crippen molar-refractivity contribution in [2.24, 2.45) is 11.8 Å². The number of carbonyl (C=O) groups excluding carboxylic acids is 1. The Kier molecular flexibility index (Phi) is 7.24. The van der Waals surface area contributed by atoms with Crippen LogP contribution in [0.1, 0.15) is 23.2 Å². The molecule has 1 aliphatic heterocycles. The summed E-state index contributed by atoms with van der Waals surface area (Å²) in [7, 11) is 0. The highest BCUT2D eigenvalue weighted by Crippen LogP contribution is 2.29. The summed E-state index contributed by atoms with van der Waals surface area (Å²) in [6.07, 6.45) is 0.727. The molecule has 0 saturated carbocycles. The van der Waals surface area contributed by atoms with Gasteiger partial charge in [-0.25, -0.2) is 4.39 Å². The van der Waals surface area contributed by atoms with Crippen molar-refractivity contribution in [1.29, 1.82) is 0 Å². The van der Waals surface area contributed by atoms with Gasteiger partial charge >= 0.3 is 0 Å². The van der Waals surface area contributed by atoms with E-state index in [1.54, 1.807) is 18.2 Å². The second kappa shape index (κ2) is 10.1. The molecule has 1 aliphatic rings. The van der Waals surface area contributed by atoms with Gasteiger partial charge in [-0.3, -0.25) is 9.59 Å². The van der Waals surface area contributed by atoms with Gasteiger partial charge in [-0.1, -0.05) is 35.3 Å². The van der Waals surface area contributed by atoms with Crippen LogP contribution in [0.5, 0.6) is 0 Å². The summed E-state index contributed by atoms with van der Waals surface area (Å²) < 4.78 is 20.3. The van der Waals surface area contributed by atoms with Gasteiger partial charge in [-0.2, -0.15) is 9.78 Å². The minimum atomic E-state index is -0.672. The minimum Gasteiger partial charge on any atom is -0.396 e. The number of Topliss-reactive ketones (excluding diaryl/α,β-unsaturated/α-hetero) is 1. The number of ketones is 1. The zero-order valence-corrected chi connectivity index (χ0v) is 19.0. The molecule has 0 spiro atoms. The summed E-state index contributed by atoms with van der Waals surface area (Å²) in [6.45, 7) is 0.859. The summed E-state index contributed by atoms with van der Waals surface area (Å²) in [5.41, 5.74) is 0.234. The molecule has 3 aromatic rings. The molecule has 0 bridgehead atoms. The van der Waals surface area contributed by atoms with Crippen LogP contribution in [0.25, 0.3) is 16.9 Å². The van der Waals surface area contributed by atoms with E-state index in [-0.39, 0.29) is 41.1 Å². The molecule has 2 heterocycles. The lowest BCUT2D eigenvalue weighted by atomic mass is 9.87. The first-order chi connectivity index (χ1) is 15.9. The van der Waals surface area contributed by atoms with E-state index < -0.39 is 17.2 Å². The monoisotopic (exact) mass is 490 g/mol. The quantitative estimate of drug-likeness (QED) is 0.490. The van der Waals surface area contributed by atoms with E-state index in [0.717, 1.165) is 17.2 Å². The van der Waals surface area contributed by atoms with Crippen molar-refractivity contribution in [2.45, 2.75) is 12.8 Å². The normalized spacial score (nSPS) is 16.7. The Hall–Kier alpha value is -2.58. The molecule has 0 amide bonds. The number of aliphatic hydroxyl groups is 1. The predicted octanol–water partition coefficient (Wildman–Crippen LogP) is 4.56. The van der Waals surface area contributed by atoms with Crippen LogP contribution in [0.4, 0.5) is 4.39 Å². The highest BCUT2D eigenvalue weighted by Gasteiger charge is 2.29. The number of nitrogens with zero attached hydrogens (tertiary/aromatic N) is 2. The van der Waals surface area contributed by atoms with E-state index >= 15 is 0 Å². The van der Waals surface area contributed by atoms with E-state index in [9.17, 15) is 19.1 Å². The fourth-order valence-electron chi connectivity index (χ4n) is 3.93. The van der Waals surface area contributed by atoms with Crippen LogP contribution in [0, 0.1) is 17.7 Å². The number of carbonyl (C=O) groups is 1. The van der Waals surface area contributed by atoms with Crippen LogP contribution in [0.3, 0.4) is 0 Å². The molecule has 0 aliphatic carbocycles. The Morgan fingerprint density at radius 3 is 2.70 bits per heavy atom. The first kappa shape index (κ1) is 23.6. The smallest absolute Gasteiger partial charge is 0.282 e. The maximum Gasteiger partial charge on any atom is 0.282 e. The third kappa shape index (κ3) is 5.17. The van der Waals surface area contributed by atoms with Crippen molar-refractivity contribution in [2.75, 3.05) is 19.8 Å². The van der Waals surface area contributed by atoms with Crippen LogP contribution in [-0.4, -0.2) is 40.5 Å². The largest absolute Gasteiger partial charge is 0.396 e. The highest BCUT2D eigenvalue weighted by atomic mass is 35.5. The van der Waals surface area contributed by atoms with Gasteiger partial charge in [0.2, 0.25) is 0 Å². The lowest BCUT2D eigenvalue weighted by Gasteiger charge is -2.19. The highest BCUT2D eigenvalue weighted by molar-refractivity contribution is 6.42. The number of aromatic nitrogens is 2. The summed E-state index contributed by atoms with van der Waals surface area (Å²) >= 11 is 12.2. The van der Waals surface area contributed by atoms with Crippen molar-refractivity contribution in [3.8, 4) is 16.9 Å². The van der Waals surface area contributed by atoms with Gasteiger partial charge in [0.25, 0.3) is 5.56 Å². The molecule has 0 radical (unpaired) electrons. The Labute approximate surface area is 199 Å². The Balaban J connectivity index is 1.81. The molecule has 4 rings (SSSR count). The third-order valence-corrected chi connectivity index (χ3v) is 6.53. The second-order valence-corrected chi connectivity index (χ2v) is 8.78. The number of hydrogen-bond acceptors (Lipinski definition) is 5. The fraction of sp³-hybridized carbons (Fsp3) is 0.292. The summed E-state index contributed by atoms with van der Waals surface area (Å²) in [5.74, 6) is -1.26. The predicted molar refractivity (Wildman–Crippen MR) is 124 cm³/mol. The number of rotatable bonds is 7. The van der Waals surface area contributed by atoms with E-state index in [2.05, 4.69) is 5.10 Å². The molecule has 172 valence electrons. The maximum absolute atomic E-state index is 13.9. The molecule has 1 fully saturated rings. The van der Waals surface area contributed by atoms with Gasteiger partial charge in [-0.05, 0) is 54.7 Å². The van der Waals surface area contributed by atoms with Gasteiger partial charge in [-0.15, -0.1) is 0 Å². The van der Waals surface area contributed by atoms with Crippen molar-refractivity contribution in [3.63, 3.8) is 0 Å². The second-order valence-electron chi connectivity index (χ2n) is 7.96. The zero-order chi connectivity index (χ0) is 23.5. The Morgan fingerprint density at radius 1 is 1.21 bits per heavy atom. The standard InChI is InChI=1S/C24H21Cl2FN2O4/c25-20-5-4-14(8-21(20)26)22-11-19(23(31)9-16(12-30)15-6-7-33-13-15)24(32)29(28-22)18-3-1-2-17(27)10-18/h1-5,8,10-11,15-16,30H,6-7,9,12-13H2. The number of hydrogen-bond donors (Lipinski definition) is 1. The van der Waals surface area contributed by atoms with E-state index in [1.165, 1.54) is 24.3 Å². The summed E-state index contributed by atoms with van der Waals surface area (Å²) in [6, 6.07) is 11.6. The van der Waals surface area contributed by atoms with Crippen LogP contribution >= 0.6 is 23.2 Å². The van der Waals surface area contributed by atoms with Gasteiger partial charge in [0.05, 0.1) is 27.0 Å². The van der Waals surface area contributed by atoms with Crippen LogP contribution in [0.2, 0.25) is 10.0 Å². The molecular formula is C24H21Cl2FN2O4. The van der Waals surface area contributed by atoms with E-state index in [4.69, 9.17) is 27.9 Å². The molecular weight excluding hydrogens is 470 g/mol. The first-order valence-electron chi connectivity index (χ1n) is 10.4. The van der Waals surface area contributed by atoms with Gasteiger partial charge < -0.3 is 9.84 Å². The fourth-order valence-corrected chi connectivity index (χ4v) is 4.22. The molecule has 33 heavy (non-hydrogen) atoms. The minimum absolute atomic E-state index is 0.0201. The number of halogens is 3. The van der Waals surface area contributed by atoms with E-state index in [0.29, 0.717) is 29.5 Å². The molecule has 2 unspecified atom stereocenters. The summed E-state index contributed by atoms with van der Waals surface area (Å²) in [4.78, 5) is 26.5. The molecule has 6 nitrogen and oxygen atoms in total. The lowest BCUT2D eigenvalue weighted by Crippen LogP contribution is -2.30. The van der Waals surface area contributed by atoms with Gasteiger partial charge in [0.15, 0.2) is 5.78 Å². The average Bonchev–Trinajstić information content (AvgIpc) is 3.34. The first-order valence-corrected chi connectivity index (χ1v) is 11.2. The van der Waals surface area contributed by atoms with Crippen molar-refractivity contribution in [1.82, 2.24) is 9.78 Å². The number of benzene rings is 2. The Bertz CT molecular complexity index is 1240. The number of ether oxygens (including phenoxy) is 1. The van der Waals surface area contributed by atoms with Gasteiger partial charge in [0, 0.05) is 31.8 Å². The van der Waals surface area contributed by atoms with Crippen molar-refractivity contribution in [3.05, 3.63) is 80.3 Å². The lowest BCUT2D eigenvalue weighted by molar-refractivity contribution is 0.0873. The van der Waals surface area contributed by atoms with Crippen LogP contribution < -0.4 is 5.56 Å². The van der Waals surface area contributed by atoms with Gasteiger partial charge in [0.1, 0.15) is 5.82 Å².